The van der Waals surface area contributed by atoms with Crippen LogP contribution in [-0.2, 0) is 5.41 Å². The average molecular weight is 876 g/mol. The molecule has 18 rings (SSSR count). The lowest BCUT2D eigenvalue weighted by Gasteiger charge is -2.38. The molecule has 10 aliphatic rings. The number of nitrogens with zero attached hydrogens (tertiary/aromatic N) is 1. The Hall–Kier alpha value is -6.44. The predicted octanol–water partition coefficient (Wildman–Crippen LogP) is 17.6. The number of hydrogen-bond acceptors (Lipinski definition) is 1. The molecule has 8 bridgehead atoms. The molecule has 330 valence electrons. The van der Waals surface area contributed by atoms with Crippen LogP contribution in [0.15, 0.2) is 176 Å². The van der Waals surface area contributed by atoms with Gasteiger partial charge >= 0.3 is 0 Å². The molecule has 4 atom stereocenters. The summed E-state index contributed by atoms with van der Waals surface area (Å²) in [6, 6.07) is 68.5. The summed E-state index contributed by atoms with van der Waals surface area (Å²) < 4.78 is 0. The molecular weight excluding hydrogens is 819 g/mol. The lowest BCUT2D eigenvalue weighted by Crippen LogP contribution is -2.27. The third kappa shape index (κ3) is 5.40. The van der Waals surface area contributed by atoms with Gasteiger partial charge in [0.05, 0.1) is 11.1 Å². The molecule has 8 aromatic rings. The molecule has 0 amide bonds. The third-order valence-corrected chi connectivity index (χ3v) is 19.3. The molecule has 1 spiro atoms. The fourth-order valence-corrected chi connectivity index (χ4v) is 17.0. The van der Waals surface area contributed by atoms with Crippen molar-refractivity contribution in [3.8, 4) is 44.5 Å². The van der Waals surface area contributed by atoms with Gasteiger partial charge in [0, 0.05) is 16.9 Å². The fraction of sp³-hybridized carbons (Fsp3) is 0.284. The van der Waals surface area contributed by atoms with Crippen molar-refractivity contribution in [2.75, 3.05) is 4.90 Å². The summed E-state index contributed by atoms with van der Waals surface area (Å²) in [5.41, 5.74) is 27.0. The Balaban J connectivity index is 0.910. The first-order valence-electron chi connectivity index (χ1n) is 26.3. The number of anilines is 3. The predicted molar refractivity (Wildman–Crippen MR) is 279 cm³/mol. The van der Waals surface area contributed by atoms with E-state index in [-0.39, 0.29) is 5.41 Å². The van der Waals surface area contributed by atoms with Gasteiger partial charge in [-0.25, -0.2) is 0 Å². The quantitative estimate of drug-likeness (QED) is 0.167. The fourth-order valence-electron chi connectivity index (χ4n) is 17.0. The van der Waals surface area contributed by atoms with Crippen molar-refractivity contribution < 1.29 is 0 Å². The van der Waals surface area contributed by atoms with E-state index in [1.807, 2.05) is 0 Å². The molecule has 8 aromatic carbocycles. The minimum Gasteiger partial charge on any atom is -0.310 e. The van der Waals surface area contributed by atoms with Gasteiger partial charge in [0.15, 0.2) is 0 Å². The lowest BCUT2D eigenvalue weighted by molar-refractivity contribution is 0.165. The Labute approximate surface area is 401 Å². The highest BCUT2D eigenvalue weighted by atomic mass is 15.1. The van der Waals surface area contributed by atoms with Crippen molar-refractivity contribution in [3.63, 3.8) is 0 Å². The molecule has 0 heterocycles. The van der Waals surface area contributed by atoms with E-state index in [2.05, 4.69) is 181 Å². The molecule has 0 aliphatic heterocycles. The van der Waals surface area contributed by atoms with E-state index < -0.39 is 0 Å². The minimum atomic E-state index is -0.387. The van der Waals surface area contributed by atoms with Crippen LogP contribution in [0, 0.1) is 23.7 Å². The zero-order valence-electron chi connectivity index (χ0n) is 38.9. The van der Waals surface area contributed by atoms with Gasteiger partial charge in [-0.2, -0.15) is 0 Å². The van der Waals surface area contributed by atoms with Crippen LogP contribution in [0.25, 0.3) is 44.5 Å². The van der Waals surface area contributed by atoms with Crippen molar-refractivity contribution in [2.45, 2.75) is 93.3 Å². The molecule has 4 saturated carbocycles. The largest absolute Gasteiger partial charge is 0.310 e. The Morgan fingerprint density at radius 2 is 0.721 bits per heavy atom. The maximum Gasteiger partial charge on any atom is 0.0726 e. The van der Waals surface area contributed by atoms with Gasteiger partial charge in [-0.1, -0.05) is 146 Å². The molecule has 10 aliphatic carbocycles. The SMILES string of the molecule is c1ccc(-c2ccc(-c3ccc(N(c4ccccc4)c4cccc5c4-c4ccccc4C54c5cc6c(cc5-c5cc7c(cc54)C4CC5CC(CC7C5)C4)C4CC5CC(C4)CC6C5)cc3)cc2)cc1. The molecule has 1 heteroatoms. The second-order valence-corrected chi connectivity index (χ2v) is 22.8. The van der Waals surface area contributed by atoms with Crippen molar-refractivity contribution >= 4 is 17.1 Å². The van der Waals surface area contributed by atoms with Crippen molar-refractivity contribution in [1.29, 1.82) is 0 Å². The summed E-state index contributed by atoms with van der Waals surface area (Å²) in [4.78, 5) is 2.55. The summed E-state index contributed by atoms with van der Waals surface area (Å²) in [5.74, 6) is 6.41. The maximum absolute atomic E-state index is 2.85. The highest BCUT2D eigenvalue weighted by Gasteiger charge is 2.55. The van der Waals surface area contributed by atoms with E-state index in [9.17, 15) is 0 Å². The van der Waals surface area contributed by atoms with Crippen LogP contribution in [0.5, 0.6) is 0 Å². The Kier molecular flexibility index (Phi) is 8.10. The van der Waals surface area contributed by atoms with Gasteiger partial charge in [-0.3, -0.25) is 0 Å². The monoisotopic (exact) mass is 875 g/mol. The second-order valence-electron chi connectivity index (χ2n) is 22.8. The smallest absolute Gasteiger partial charge is 0.0726 e. The summed E-state index contributed by atoms with van der Waals surface area (Å²) in [6.07, 6.45) is 14.1. The van der Waals surface area contributed by atoms with Gasteiger partial charge in [-0.05, 0) is 225 Å². The molecule has 0 saturated heterocycles. The van der Waals surface area contributed by atoms with Crippen molar-refractivity contribution in [1.82, 2.24) is 0 Å². The summed E-state index contributed by atoms with van der Waals surface area (Å²) in [6.45, 7) is 0. The number of benzene rings is 8. The van der Waals surface area contributed by atoms with Gasteiger partial charge in [0.2, 0.25) is 0 Å². The summed E-state index contributed by atoms with van der Waals surface area (Å²) in [7, 11) is 0. The van der Waals surface area contributed by atoms with Crippen molar-refractivity contribution in [3.05, 3.63) is 220 Å². The standard InChI is InChI=1S/C67H57N/c1-3-10-44(11-4-1)45-18-20-46(21-19-45)47-22-24-53(25-23-47)68(52-12-5-2-6-13-52)65-17-9-16-62-66(65)54-14-7-8-15-61(54)67(62)63-38-57-50-32-40-26-41(33-50)29-48(28-40)55(57)36-59(63)60-37-56-49-30-42-27-43(31-49)35-51(34-42)58(56)39-64(60)67/h1-25,36-43,48-51H,26-35H2. The number of fused-ring (bicyclic) bond motifs is 10. The van der Waals surface area contributed by atoms with Crippen LogP contribution in [0.3, 0.4) is 0 Å². The average Bonchev–Trinajstić information content (AvgIpc) is 3.69. The van der Waals surface area contributed by atoms with Crippen LogP contribution < -0.4 is 4.90 Å². The number of hydrogen-bond donors (Lipinski definition) is 0. The van der Waals surface area contributed by atoms with E-state index in [4.69, 9.17) is 0 Å². The topological polar surface area (TPSA) is 3.24 Å². The first kappa shape index (κ1) is 38.5. The van der Waals surface area contributed by atoms with E-state index in [1.165, 1.54) is 126 Å². The van der Waals surface area contributed by atoms with Crippen LogP contribution in [0.2, 0.25) is 0 Å². The second kappa shape index (κ2) is 14.3. The lowest BCUT2D eigenvalue weighted by atomic mass is 9.66. The van der Waals surface area contributed by atoms with Crippen LogP contribution in [0.4, 0.5) is 17.1 Å². The van der Waals surface area contributed by atoms with Crippen LogP contribution >= 0.6 is 0 Å². The molecular formula is C67H57N. The Morgan fingerprint density at radius 3 is 1.25 bits per heavy atom. The van der Waals surface area contributed by atoms with Crippen LogP contribution in [0.1, 0.15) is 132 Å². The molecule has 1 nitrogen and oxygen atoms in total. The van der Waals surface area contributed by atoms with Crippen LogP contribution in [-0.4, -0.2) is 0 Å². The Morgan fingerprint density at radius 1 is 0.309 bits per heavy atom. The van der Waals surface area contributed by atoms with E-state index >= 15 is 0 Å². The summed E-state index contributed by atoms with van der Waals surface area (Å²) in [5, 5.41) is 0. The molecule has 4 fully saturated rings. The zero-order chi connectivity index (χ0) is 44.2. The first-order valence-corrected chi connectivity index (χ1v) is 26.3. The van der Waals surface area contributed by atoms with E-state index in [0.717, 1.165) is 23.7 Å². The third-order valence-electron chi connectivity index (χ3n) is 19.3. The maximum atomic E-state index is 2.85. The van der Waals surface area contributed by atoms with Gasteiger partial charge < -0.3 is 4.90 Å². The molecule has 0 N–H and O–H groups in total. The highest BCUT2D eigenvalue weighted by Crippen LogP contribution is 2.68. The number of para-hydroxylation sites is 1. The molecule has 68 heavy (non-hydrogen) atoms. The normalized spacial score (nSPS) is 27.8. The highest BCUT2D eigenvalue weighted by molar-refractivity contribution is 6.01. The first-order chi connectivity index (χ1) is 33.6. The van der Waals surface area contributed by atoms with E-state index in [1.54, 1.807) is 44.5 Å². The molecule has 4 unspecified atom stereocenters. The minimum absolute atomic E-state index is 0.387. The Bertz CT molecular complexity index is 3220. The molecule has 0 radical (unpaired) electrons. The number of rotatable bonds is 5. The van der Waals surface area contributed by atoms with Gasteiger partial charge in [-0.15, -0.1) is 0 Å². The van der Waals surface area contributed by atoms with E-state index in [0.29, 0.717) is 23.7 Å². The van der Waals surface area contributed by atoms with Gasteiger partial charge in [0.25, 0.3) is 0 Å². The molecule has 0 aromatic heterocycles. The van der Waals surface area contributed by atoms with Crippen molar-refractivity contribution in [2.24, 2.45) is 23.7 Å². The van der Waals surface area contributed by atoms with Gasteiger partial charge in [0.1, 0.15) is 0 Å². The zero-order valence-corrected chi connectivity index (χ0v) is 38.9. The summed E-state index contributed by atoms with van der Waals surface area (Å²) >= 11 is 0.